The lowest BCUT2D eigenvalue weighted by Gasteiger charge is -2.49. The van der Waals surface area contributed by atoms with Gasteiger partial charge in [0.25, 0.3) is 11.8 Å². The summed E-state index contributed by atoms with van der Waals surface area (Å²) in [4.78, 5) is 56.4. The van der Waals surface area contributed by atoms with E-state index in [0.717, 1.165) is 11.3 Å². The van der Waals surface area contributed by atoms with Crippen LogP contribution >= 0.6 is 23.1 Å². The number of nitrogens with one attached hydrogen (secondary N) is 1. The lowest BCUT2D eigenvalue weighted by molar-refractivity contribution is -0.174. The van der Waals surface area contributed by atoms with Crippen LogP contribution in [0.15, 0.2) is 21.8 Å². The van der Waals surface area contributed by atoms with Crippen molar-refractivity contribution in [3.05, 3.63) is 22.3 Å². The Morgan fingerprint density at radius 3 is 2.67 bits per heavy atom. The second-order valence-corrected chi connectivity index (χ2v) is 11.1. The summed E-state index contributed by atoms with van der Waals surface area (Å²) < 4.78 is 20.8. The van der Waals surface area contributed by atoms with Crippen LogP contribution in [-0.4, -0.2) is 95.4 Å². The largest absolute Gasteiger partial charge is 0.427 e. The second-order valence-electron chi connectivity index (χ2n) is 9.10. The Hall–Kier alpha value is -3.21. The van der Waals surface area contributed by atoms with Crippen LogP contribution in [0.3, 0.4) is 0 Å². The molecule has 3 rings (SSSR count). The van der Waals surface area contributed by atoms with Gasteiger partial charge in [-0.25, -0.2) is 9.78 Å². The van der Waals surface area contributed by atoms with Gasteiger partial charge in [-0.05, 0) is 25.8 Å². The van der Waals surface area contributed by atoms with Gasteiger partial charge < -0.3 is 35.2 Å². The van der Waals surface area contributed by atoms with Crippen molar-refractivity contribution in [1.82, 2.24) is 15.2 Å². The highest BCUT2D eigenvalue weighted by Crippen LogP contribution is 2.40. The number of fused-ring (bicyclic) bond motifs is 1. The van der Waals surface area contributed by atoms with Crippen LogP contribution in [0.25, 0.3) is 0 Å². The zero-order valence-electron chi connectivity index (χ0n) is 21.9. The molecule has 0 saturated carbocycles. The Morgan fingerprint density at radius 2 is 2.05 bits per heavy atom. The van der Waals surface area contributed by atoms with Gasteiger partial charge in [0.05, 0.1) is 25.2 Å². The van der Waals surface area contributed by atoms with Gasteiger partial charge in [-0.15, -0.1) is 23.1 Å². The predicted molar refractivity (Wildman–Crippen MR) is 141 cm³/mol. The molecule has 0 bridgehead atoms. The van der Waals surface area contributed by atoms with E-state index < -0.39 is 53.1 Å². The van der Waals surface area contributed by atoms with Crippen molar-refractivity contribution in [2.75, 3.05) is 45.2 Å². The van der Waals surface area contributed by atoms with E-state index in [1.165, 1.54) is 29.2 Å². The molecule has 0 spiro atoms. The number of amides is 2. The molecule has 1 fully saturated rings. The van der Waals surface area contributed by atoms with E-state index in [0.29, 0.717) is 24.4 Å². The monoisotopic (exact) mass is 585 g/mol. The summed E-state index contributed by atoms with van der Waals surface area (Å²) in [6.07, 6.45) is 0.529. The Labute approximate surface area is 232 Å². The smallest absolute Gasteiger partial charge is 0.358 e. The van der Waals surface area contributed by atoms with Gasteiger partial charge in [-0.1, -0.05) is 12.1 Å². The maximum Gasteiger partial charge on any atom is 0.358 e. The van der Waals surface area contributed by atoms with Crippen LogP contribution < -0.4 is 11.1 Å². The summed E-state index contributed by atoms with van der Waals surface area (Å²) >= 11 is 2.36. The molecule has 1 aromatic rings. The van der Waals surface area contributed by atoms with Crippen molar-refractivity contribution >= 4 is 57.7 Å². The lowest BCUT2D eigenvalue weighted by atomic mass is 9.91. The molecule has 2 aliphatic heterocycles. The Balaban J connectivity index is 1.73. The molecule has 0 aromatic carbocycles. The molecule has 0 radical (unpaired) electrons. The Kier molecular flexibility index (Phi) is 10.3. The zero-order chi connectivity index (χ0) is 28.7. The number of hydrogen-bond acceptors (Lipinski definition) is 14. The number of hydrogen-bond donors (Lipinski definition) is 3. The summed E-state index contributed by atoms with van der Waals surface area (Å²) in [6, 6.07) is -1.02. The molecule has 214 valence electrons. The number of carbonyl (C=O) groups is 4. The number of nitrogens with zero attached hydrogens (tertiary/aromatic N) is 3. The molecule has 1 saturated heterocycles. The average molecular weight is 586 g/mol. The number of rotatable bonds is 13. The quantitative estimate of drug-likeness (QED) is 0.0559. The molecular weight excluding hydrogens is 554 g/mol. The van der Waals surface area contributed by atoms with E-state index in [1.807, 2.05) is 6.92 Å². The fraction of sp³-hybridized carbons (Fsp3) is 0.565. The van der Waals surface area contributed by atoms with Gasteiger partial charge in [0.15, 0.2) is 10.8 Å². The van der Waals surface area contributed by atoms with Crippen LogP contribution in [0.5, 0.6) is 0 Å². The molecule has 1 unspecified atom stereocenters. The molecule has 2 amide bonds. The minimum absolute atomic E-state index is 0.0313. The van der Waals surface area contributed by atoms with E-state index in [-0.39, 0.29) is 29.7 Å². The van der Waals surface area contributed by atoms with E-state index in [4.69, 9.17) is 24.7 Å². The average Bonchev–Trinajstić information content (AvgIpc) is 3.34. The second kappa shape index (κ2) is 13.2. The zero-order valence-corrected chi connectivity index (χ0v) is 23.6. The summed E-state index contributed by atoms with van der Waals surface area (Å²) in [6.45, 7) is 5.25. The van der Waals surface area contributed by atoms with Gasteiger partial charge in [-0.3, -0.25) is 19.3 Å². The predicted octanol–water partition coefficient (Wildman–Crippen LogP) is 0.701. The van der Waals surface area contributed by atoms with Crippen molar-refractivity contribution in [2.45, 2.75) is 38.6 Å². The molecule has 2 atom stereocenters. The first kappa shape index (κ1) is 30.3. The highest BCUT2D eigenvalue weighted by molar-refractivity contribution is 8.00. The summed E-state index contributed by atoms with van der Waals surface area (Å²) in [5, 5.41) is 15.8. The molecule has 1 aromatic heterocycles. The van der Waals surface area contributed by atoms with Crippen LogP contribution in [-0.2, 0) is 38.1 Å². The van der Waals surface area contributed by atoms with Gasteiger partial charge in [0.1, 0.15) is 22.8 Å². The van der Waals surface area contributed by atoms with Crippen LogP contribution in [0.2, 0.25) is 0 Å². The standard InChI is InChI=1S/C23H31N5O9S2/c1-5-23(2,3)21(32)37-11-36-20(31)16-12(8-35-7-6-34-4)9-38-19-15(18(30)28(16)19)26-17(29)14(27-33)13-10-39-22(24)25-13/h10,15,19,33H,5-9,11H2,1-4H3,(H2,24,25)(H,26,29)/b27-14-/t15?,19-/m0/s1. The van der Waals surface area contributed by atoms with E-state index in [1.54, 1.807) is 13.8 Å². The third-order valence-corrected chi connectivity index (χ3v) is 8.14. The molecule has 14 nitrogen and oxygen atoms in total. The molecule has 2 aliphatic rings. The summed E-state index contributed by atoms with van der Waals surface area (Å²) in [7, 11) is 1.52. The Morgan fingerprint density at radius 1 is 1.31 bits per heavy atom. The normalized spacial score (nSPS) is 19.3. The molecule has 3 heterocycles. The number of methoxy groups -OCH3 is 1. The fourth-order valence-corrected chi connectivity index (χ4v) is 5.36. The minimum Gasteiger partial charge on any atom is -0.427 e. The Bertz CT molecular complexity index is 1170. The van der Waals surface area contributed by atoms with Crippen LogP contribution in [0, 0.1) is 5.41 Å². The number of β-lactam (4-membered cyclic amide) rings is 1. The van der Waals surface area contributed by atoms with E-state index >= 15 is 0 Å². The third-order valence-electron chi connectivity index (χ3n) is 6.13. The van der Waals surface area contributed by atoms with Crippen molar-refractivity contribution in [3.63, 3.8) is 0 Å². The topological polar surface area (TPSA) is 192 Å². The van der Waals surface area contributed by atoms with Gasteiger partial charge in [0, 0.05) is 18.2 Å². The lowest BCUT2D eigenvalue weighted by Crippen LogP contribution is -2.71. The maximum absolute atomic E-state index is 13.1. The molecule has 39 heavy (non-hydrogen) atoms. The van der Waals surface area contributed by atoms with Crippen LogP contribution in [0.4, 0.5) is 5.13 Å². The number of aromatic nitrogens is 1. The highest BCUT2D eigenvalue weighted by atomic mass is 32.2. The number of nitrogen functional groups attached to an aromatic ring is 1. The highest BCUT2D eigenvalue weighted by Gasteiger charge is 2.54. The number of oxime groups is 1. The minimum atomic E-state index is -1.02. The van der Waals surface area contributed by atoms with Crippen molar-refractivity contribution < 1.29 is 43.3 Å². The maximum atomic E-state index is 13.1. The van der Waals surface area contributed by atoms with Crippen molar-refractivity contribution in [2.24, 2.45) is 10.6 Å². The number of ether oxygens (including phenoxy) is 4. The summed E-state index contributed by atoms with van der Waals surface area (Å²) in [5.74, 6) is -2.53. The number of thioether (sulfide) groups is 1. The number of carbonyl (C=O) groups excluding carboxylic acids is 4. The summed E-state index contributed by atoms with van der Waals surface area (Å²) in [5.41, 5.74) is 4.93. The molecular formula is C23H31N5O9S2. The first-order valence-electron chi connectivity index (χ1n) is 11.9. The van der Waals surface area contributed by atoms with Crippen molar-refractivity contribution in [1.29, 1.82) is 0 Å². The molecule has 16 heteroatoms. The van der Waals surface area contributed by atoms with E-state index in [9.17, 15) is 24.4 Å². The molecule has 4 N–H and O–H groups in total. The van der Waals surface area contributed by atoms with Gasteiger partial charge in [-0.2, -0.15) is 0 Å². The third kappa shape index (κ3) is 6.87. The number of esters is 2. The molecule has 0 aliphatic carbocycles. The van der Waals surface area contributed by atoms with E-state index in [2.05, 4.69) is 15.5 Å². The first-order valence-corrected chi connectivity index (χ1v) is 13.8. The van der Waals surface area contributed by atoms with Gasteiger partial charge in [0.2, 0.25) is 6.79 Å². The SMILES string of the molecule is CCC(C)(C)C(=O)OCOC(=O)C1=C(COCCOC)CS[C@H]2C(NC(=O)/C(=N\O)c3csc(N)n3)C(=O)N12. The number of nitrogens with two attached hydrogens (primary N) is 1. The van der Waals surface area contributed by atoms with Crippen LogP contribution in [0.1, 0.15) is 32.9 Å². The number of anilines is 1. The van der Waals surface area contributed by atoms with Gasteiger partial charge >= 0.3 is 11.9 Å². The first-order chi connectivity index (χ1) is 18.5. The van der Waals surface area contributed by atoms with Crippen molar-refractivity contribution in [3.8, 4) is 0 Å². The fourth-order valence-electron chi connectivity index (χ4n) is 3.48. The number of thiazole rings is 1.